The molecule has 3 heterocycles. The third-order valence-electron chi connectivity index (χ3n) is 5.89. The van der Waals surface area contributed by atoms with Gasteiger partial charge in [0.2, 0.25) is 12.7 Å². The molecule has 180 valence electrons. The summed E-state index contributed by atoms with van der Waals surface area (Å²) in [5.41, 5.74) is 4.98. The van der Waals surface area contributed by atoms with Crippen molar-refractivity contribution in [3.05, 3.63) is 101 Å². The summed E-state index contributed by atoms with van der Waals surface area (Å²) in [6.07, 6.45) is 2.96. The number of oxazole rings is 1. The minimum Gasteiger partial charge on any atom is -0.467 e. The zero-order valence-corrected chi connectivity index (χ0v) is 19.7. The Kier molecular flexibility index (Phi) is 6.54. The molecule has 35 heavy (non-hydrogen) atoms. The minimum atomic E-state index is -0.312. The van der Waals surface area contributed by atoms with Crippen molar-refractivity contribution in [2.45, 2.75) is 40.0 Å². The molecule has 8 heteroatoms. The van der Waals surface area contributed by atoms with Crippen LogP contribution in [0.25, 0.3) is 0 Å². The topological polar surface area (TPSA) is 90.0 Å². The van der Waals surface area contributed by atoms with E-state index in [-0.39, 0.29) is 24.9 Å². The lowest BCUT2D eigenvalue weighted by molar-refractivity contribution is 0.0943. The van der Waals surface area contributed by atoms with Crippen molar-refractivity contribution in [2.75, 3.05) is 6.79 Å². The Morgan fingerprint density at radius 1 is 1.00 bits per heavy atom. The first-order chi connectivity index (χ1) is 17.0. The molecule has 0 unspecified atom stereocenters. The van der Waals surface area contributed by atoms with Crippen molar-refractivity contribution < 1.29 is 23.1 Å². The zero-order chi connectivity index (χ0) is 24.2. The van der Waals surface area contributed by atoms with Gasteiger partial charge in [0.1, 0.15) is 12.0 Å². The Morgan fingerprint density at radius 3 is 2.74 bits per heavy atom. The largest absolute Gasteiger partial charge is 0.467 e. The Balaban J connectivity index is 1.31. The first-order valence-corrected chi connectivity index (χ1v) is 11.5. The van der Waals surface area contributed by atoms with Crippen molar-refractivity contribution in [3.8, 4) is 11.5 Å². The van der Waals surface area contributed by atoms with E-state index in [9.17, 15) is 4.79 Å². The highest BCUT2D eigenvalue weighted by atomic mass is 16.7. The number of hydrogen-bond donors (Lipinski definition) is 1. The van der Waals surface area contributed by atoms with E-state index in [1.807, 2.05) is 18.2 Å². The van der Waals surface area contributed by atoms with Crippen LogP contribution in [-0.2, 0) is 26.2 Å². The second kappa shape index (κ2) is 10.1. The fraction of sp³-hybridized carbons (Fsp3) is 0.259. The van der Waals surface area contributed by atoms with E-state index < -0.39 is 0 Å². The van der Waals surface area contributed by atoms with Gasteiger partial charge in [-0.3, -0.25) is 9.69 Å². The first-order valence-electron chi connectivity index (χ1n) is 11.5. The molecular weight excluding hydrogens is 446 g/mol. The summed E-state index contributed by atoms with van der Waals surface area (Å²) in [6, 6.07) is 16.0. The minimum absolute atomic E-state index is 0.237. The monoisotopic (exact) mass is 473 g/mol. The summed E-state index contributed by atoms with van der Waals surface area (Å²) >= 11 is 0. The van der Waals surface area contributed by atoms with Gasteiger partial charge in [0.15, 0.2) is 17.2 Å². The highest BCUT2D eigenvalue weighted by Gasteiger charge is 2.19. The summed E-state index contributed by atoms with van der Waals surface area (Å²) in [6.45, 7) is 6.51. The zero-order valence-electron chi connectivity index (χ0n) is 19.7. The Hall–Kier alpha value is -4.04. The van der Waals surface area contributed by atoms with Crippen molar-refractivity contribution in [1.82, 2.24) is 15.2 Å². The van der Waals surface area contributed by atoms with Gasteiger partial charge in [-0.15, -0.1) is 0 Å². The lowest BCUT2D eigenvalue weighted by atomic mass is 10.0. The molecule has 5 rings (SSSR count). The molecule has 0 saturated carbocycles. The molecule has 0 saturated heterocycles. The number of aromatic nitrogens is 1. The molecule has 1 aliphatic heterocycles. The fourth-order valence-corrected chi connectivity index (χ4v) is 4.03. The van der Waals surface area contributed by atoms with Gasteiger partial charge < -0.3 is 23.6 Å². The highest BCUT2D eigenvalue weighted by Crippen LogP contribution is 2.33. The van der Waals surface area contributed by atoms with Crippen LogP contribution in [-0.4, -0.2) is 22.6 Å². The van der Waals surface area contributed by atoms with Crippen LogP contribution >= 0.6 is 0 Å². The van der Waals surface area contributed by atoms with Crippen LogP contribution in [0.2, 0.25) is 0 Å². The second-order valence-corrected chi connectivity index (χ2v) is 8.65. The van der Waals surface area contributed by atoms with Crippen molar-refractivity contribution in [2.24, 2.45) is 0 Å². The molecular formula is C27H27N3O5. The summed E-state index contributed by atoms with van der Waals surface area (Å²) in [5, 5.41) is 2.79. The fourth-order valence-electron chi connectivity index (χ4n) is 4.03. The second-order valence-electron chi connectivity index (χ2n) is 8.65. The number of hydrogen-bond acceptors (Lipinski definition) is 7. The summed E-state index contributed by atoms with van der Waals surface area (Å²) in [4.78, 5) is 19.2. The molecule has 1 aliphatic rings. The van der Waals surface area contributed by atoms with E-state index in [1.165, 1.54) is 23.0 Å². The number of carbonyl (C=O) groups is 1. The number of amides is 1. The van der Waals surface area contributed by atoms with Gasteiger partial charge >= 0.3 is 0 Å². The maximum Gasteiger partial charge on any atom is 0.273 e. The van der Waals surface area contributed by atoms with Crippen molar-refractivity contribution in [1.29, 1.82) is 0 Å². The van der Waals surface area contributed by atoms with Gasteiger partial charge in [-0.25, -0.2) is 4.98 Å². The van der Waals surface area contributed by atoms with Gasteiger partial charge in [0.05, 0.1) is 19.4 Å². The number of rotatable bonds is 9. The van der Waals surface area contributed by atoms with Crippen molar-refractivity contribution in [3.63, 3.8) is 0 Å². The molecule has 1 N–H and O–H groups in total. The third kappa shape index (κ3) is 5.55. The normalized spacial score (nSPS) is 12.3. The molecule has 4 aromatic rings. The predicted octanol–water partition coefficient (Wildman–Crippen LogP) is 4.75. The summed E-state index contributed by atoms with van der Waals surface area (Å²) in [5.74, 6) is 2.34. The van der Waals surface area contributed by atoms with Crippen LogP contribution in [0.4, 0.5) is 0 Å². The Labute approximate surface area is 203 Å². The van der Waals surface area contributed by atoms with Gasteiger partial charge in [0, 0.05) is 13.1 Å². The number of nitrogens with zero attached hydrogens (tertiary/aromatic N) is 2. The Bertz CT molecular complexity index is 1310. The first kappa shape index (κ1) is 22.7. The standard InChI is InChI=1S/C27H27N3O5/c1-18-5-6-19(2)21(10-18)14-30(13-20-7-8-24-25(11-20)35-17-34-24)15-26-29-23(16-33-26)27(31)28-12-22-4-3-9-32-22/h3-11,16H,12-15,17H2,1-2H3,(H,28,31). The molecule has 1 amide bonds. The average molecular weight is 474 g/mol. The average Bonchev–Trinajstić information content (AvgIpc) is 3.62. The molecule has 0 fully saturated rings. The number of benzene rings is 2. The van der Waals surface area contributed by atoms with Crippen LogP contribution in [0.1, 0.15) is 44.4 Å². The van der Waals surface area contributed by atoms with Gasteiger partial charge in [0.25, 0.3) is 5.91 Å². The smallest absolute Gasteiger partial charge is 0.273 e. The molecule has 0 spiro atoms. The number of fused-ring (bicyclic) bond motifs is 1. The number of carbonyl (C=O) groups excluding carboxylic acids is 1. The van der Waals surface area contributed by atoms with Crippen molar-refractivity contribution >= 4 is 5.91 Å². The van der Waals surface area contributed by atoms with Gasteiger partial charge in [-0.1, -0.05) is 29.8 Å². The number of ether oxygens (including phenoxy) is 2. The molecule has 0 aliphatic carbocycles. The lowest BCUT2D eigenvalue weighted by Gasteiger charge is -2.22. The highest BCUT2D eigenvalue weighted by molar-refractivity contribution is 5.91. The molecule has 2 aromatic carbocycles. The van der Waals surface area contributed by atoms with E-state index >= 15 is 0 Å². The number of aryl methyl sites for hydroxylation is 2. The quantitative estimate of drug-likeness (QED) is 0.375. The third-order valence-corrected chi connectivity index (χ3v) is 5.89. The van der Waals surface area contributed by atoms with E-state index in [0.717, 1.165) is 17.1 Å². The molecule has 8 nitrogen and oxygen atoms in total. The summed E-state index contributed by atoms with van der Waals surface area (Å²) in [7, 11) is 0. The molecule has 0 atom stereocenters. The predicted molar refractivity (Wildman–Crippen MR) is 128 cm³/mol. The van der Waals surface area contributed by atoms with E-state index in [1.54, 1.807) is 18.4 Å². The van der Waals surface area contributed by atoms with Crippen LogP contribution in [0.3, 0.4) is 0 Å². The van der Waals surface area contributed by atoms with Crippen LogP contribution in [0, 0.1) is 13.8 Å². The van der Waals surface area contributed by atoms with E-state index in [0.29, 0.717) is 31.3 Å². The maximum atomic E-state index is 12.5. The van der Waals surface area contributed by atoms with Gasteiger partial charge in [-0.05, 0) is 54.8 Å². The summed E-state index contributed by atoms with van der Waals surface area (Å²) < 4.78 is 21.9. The molecule has 0 radical (unpaired) electrons. The number of furan rings is 1. The Morgan fingerprint density at radius 2 is 1.89 bits per heavy atom. The van der Waals surface area contributed by atoms with Crippen LogP contribution in [0.5, 0.6) is 11.5 Å². The SMILES string of the molecule is Cc1ccc(C)c(CN(Cc2ccc3c(c2)OCO3)Cc2nc(C(=O)NCc3ccco3)co2)c1. The maximum absolute atomic E-state index is 12.5. The molecule has 0 bridgehead atoms. The van der Waals surface area contributed by atoms with Crippen LogP contribution in [0.15, 0.2) is 69.9 Å². The van der Waals surface area contributed by atoms with E-state index in [2.05, 4.69) is 47.2 Å². The van der Waals surface area contributed by atoms with E-state index in [4.69, 9.17) is 18.3 Å². The van der Waals surface area contributed by atoms with Gasteiger partial charge in [-0.2, -0.15) is 0 Å². The molecule has 2 aromatic heterocycles. The number of nitrogens with one attached hydrogen (secondary N) is 1. The lowest BCUT2D eigenvalue weighted by Crippen LogP contribution is -2.24. The van der Waals surface area contributed by atoms with Crippen LogP contribution < -0.4 is 14.8 Å².